The zero-order chi connectivity index (χ0) is 16.3. The van der Waals surface area contributed by atoms with Gasteiger partial charge in [-0.2, -0.15) is 0 Å². The van der Waals surface area contributed by atoms with Crippen molar-refractivity contribution in [3.8, 4) is 0 Å². The van der Waals surface area contributed by atoms with E-state index in [-0.39, 0.29) is 17.5 Å². The van der Waals surface area contributed by atoms with Crippen LogP contribution in [-0.2, 0) is 9.53 Å². The number of hydrogen-bond donors (Lipinski definition) is 2. The third-order valence-corrected chi connectivity index (χ3v) is 5.07. The summed E-state index contributed by atoms with van der Waals surface area (Å²) in [5, 5.41) is 12.1. The van der Waals surface area contributed by atoms with Crippen LogP contribution in [0.4, 0.5) is 5.69 Å². The molecule has 4 atom stereocenters. The number of hydrogen-bond acceptors (Lipinski definition) is 5. The number of carboxylic acids is 1. The molecular formula is C16H24N2O3S. The van der Waals surface area contributed by atoms with Crippen LogP contribution in [0, 0.1) is 5.92 Å². The van der Waals surface area contributed by atoms with E-state index in [9.17, 15) is 9.90 Å². The zero-order valence-electron chi connectivity index (χ0n) is 13.4. The monoisotopic (exact) mass is 324 g/mol. The fraction of sp³-hybridized carbons (Fsp3) is 0.562. The Morgan fingerprint density at radius 1 is 1.41 bits per heavy atom. The van der Waals surface area contributed by atoms with Crippen LogP contribution in [0.3, 0.4) is 0 Å². The third kappa shape index (κ3) is 3.94. The third-order valence-electron chi connectivity index (χ3n) is 3.96. The summed E-state index contributed by atoms with van der Waals surface area (Å²) in [4.78, 5) is 14.5. The van der Waals surface area contributed by atoms with Crippen molar-refractivity contribution in [2.45, 2.75) is 35.8 Å². The van der Waals surface area contributed by atoms with Crippen LogP contribution in [0.15, 0.2) is 29.2 Å². The molecule has 2 N–H and O–H groups in total. The molecule has 1 aromatic rings. The lowest BCUT2D eigenvalue weighted by atomic mass is 9.98. The second-order valence-electron chi connectivity index (χ2n) is 5.85. The molecule has 1 heterocycles. The van der Waals surface area contributed by atoms with Crippen LogP contribution in [0.25, 0.3) is 0 Å². The fourth-order valence-electron chi connectivity index (χ4n) is 2.69. The van der Waals surface area contributed by atoms with Gasteiger partial charge in [0.1, 0.15) is 11.5 Å². The van der Waals surface area contributed by atoms with E-state index in [2.05, 4.69) is 34.5 Å². The van der Waals surface area contributed by atoms with Crippen LogP contribution >= 0.6 is 11.8 Å². The number of anilines is 1. The Balaban J connectivity index is 1.99. The number of thioether (sulfide) groups is 1. The van der Waals surface area contributed by atoms with Crippen molar-refractivity contribution < 1.29 is 14.6 Å². The number of nitrogens with one attached hydrogen (secondary N) is 1. The molecule has 0 spiro atoms. The molecule has 0 aliphatic carbocycles. The van der Waals surface area contributed by atoms with E-state index < -0.39 is 12.0 Å². The van der Waals surface area contributed by atoms with Crippen LogP contribution in [0.2, 0.25) is 0 Å². The number of carboxylic acid groups (broad SMARTS) is 1. The molecule has 22 heavy (non-hydrogen) atoms. The summed E-state index contributed by atoms with van der Waals surface area (Å²) in [5.41, 5.74) is 1.16. The highest BCUT2D eigenvalue weighted by atomic mass is 32.2. The number of nitrogens with zero attached hydrogens (tertiary/aromatic N) is 1. The SMILES string of the molecule is CNC(C(=O)O)[C@@H]1OC(Sc2ccc(N(C)C)cc2)C[C@H]1C. The predicted molar refractivity (Wildman–Crippen MR) is 89.6 cm³/mol. The number of rotatable bonds is 6. The van der Waals surface area contributed by atoms with Crippen molar-refractivity contribution in [1.29, 1.82) is 0 Å². The van der Waals surface area contributed by atoms with Gasteiger partial charge in [-0.25, -0.2) is 0 Å². The first-order chi connectivity index (χ1) is 10.4. The van der Waals surface area contributed by atoms with E-state index in [0.29, 0.717) is 0 Å². The summed E-state index contributed by atoms with van der Waals surface area (Å²) < 4.78 is 5.98. The minimum absolute atomic E-state index is 0.000376. The van der Waals surface area contributed by atoms with E-state index in [1.807, 2.05) is 21.0 Å². The molecule has 0 bridgehead atoms. The summed E-state index contributed by atoms with van der Waals surface area (Å²) >= 11 is 1.66. The van der Waals surface area contributed by atoms with E-state index in [1.165, 1.54) is 0 Å². The van der Waals surface area contributed by atoms with Gasteiger partial charge in [0.15, 0.2) is 0 Å². The van der Waals surface area contributed by atoms with Crippen LogP contribution in [-0.4, -0.2) is 49.8 Å². The molecule has 5 nitrogen and oxygen atoms in total. The molecular weight excluding hydrogens is 300 g/mol. The molecule has 1 fully saturated rings. The van der Waals surface area contributed by atoms with E-state index in [4.69, 9.17) is 4.74 Å². The smallest absolute Gasteiger partial charge is 0.323 e. The minimum Gasteiger partial charge on any atom is -0.480 e. The summed E-state index contributed by atoms with van der Waals surface area (Å²) in [6, 6.07) is 7.65. The molecule has 2 unspecified atom stereocenters. The highest BCUT2D eigenvalue weighted by molar-refractivity contribution is 7.99. The van der Waals surface area contributed by atoms with Gasteiger partial charge < -0.3 is 20.1 Å². The zero-order valence-corrected chi connectivity index (χ0v) is 14.3. The maximum Gasteiger partial charge on any atom is 0.323 e. The Kier molecular flexibility index (Phi) is 5.72. The Morgan fingerprint density at radius 3 is 2.55 bits per heavy atom. The largest absolute Gasteiger partial charge is 0.480 e. The summed E-state index contributed by atoms with van der Waals surface area (Å²) in [7, 11) is 5.69. The normalized spacial score (nSPS) is 25.9. The molecule has 0 aromatic heterocycles. The van der Waals surface area contributed by atoms with Gasteiger partial charge in [-0.15, -0.1) is 0 Å². The van der Waals surface area contributed by atoms with Gasteiger partial charge in [-0.1, -0.05) is 18.7 Å². The number of ether oxygens (including phenoxy) is 1. The summed E-state index contributed by atoms with van der Waals surface area (Å²) in [5.74, 6) is -0.646. The van der Waals surface area contributed by atoms with Gasteiger partial charge in [-0.3, -0.25) is 4.79 Å². The first kappa shape index (κ1) is 17.1. The molecule has 0 radical (unpaired) electrons. The average Bonchev–Trinajstić information content (AvgIpc) is 2.80. The Labute approximate surface area is 136 Å². The lowest BCUT2D eigenvalue weighted by molar-refractivity contribution is -0.143. The summed E-state index contributed by atoms with van der Waals surface area (Å²) in [6.45, 7) is 2.05. The van der Waals surface area contributed by atoms with Gasteiger partial charge in [0.05, 0.1) is 6.10 Å². The van der Waals surface area contributed by atoms with Gasteiger partial charge in [-0.05, 0) is 43.7 Å². The van der Waals surface area contributed by atoms with Crippen molar-refractivity contribution in [1.82, 2.24) is 5.32 Å². The molecule has 1 saturated heterocycles. The lowest BCUT2D eigenvalue weighted by Crippen LogP contribution is -2.46. The number of benzene rings is 1. The van der Waals surface area contributed by atoms with E-state index in [1.54, 1.807) is 18.8 Å². The molecule has 1 aliphatic rings. The van der Waals surface area contributed by atoms with E-state index >= 15 is 0 Å². The van der Waals surface area contributed by atoms with E-state index in [0.717, 1.165) is 17.0 Å². The predicted octanol–water partition coefficient (Wildman–Crippen LogP) is 2.27. The molecule has 0 amide bonds. The number of likely N-dealkylation sites (N-methyl/N-ethyl adjacent to an activating group) is 1. The van der Waals surface area contributed by atoms with Crippen molar-refractivity contribution in [3.63, 3.8) is 0 Å². The van der Waals surface area contributed by atoms with Crippen molar-refractivity contribution in [3.05, 3.63) is 24.3 Å². The topological polar surface area (TPSA) is 61.8 Å². The highest BCUT2D eigenvalue weighted by Crippen LogP contribution is 2.38. The van der Waals surface area contributed by atoms with Crippen LogP contribution in [0.5, 0.6) is 0 Å². The van der Waals surface area contributed by atoms with Gasteiger partial charge in [0.25, 0.3) is 0 Å². The number of aliphatic carboxylic acids is 1. The van der Waals surface area contributed by atoms with Crippen molar-refractivity contribution in [2.24, 2.45) is 5.92 Å². The maximum absolute atomic E-state index is 11.3. The Morgan fingerprint density at radius 2 is 2.05 bits per heavy atom. The number of carbonyl (C=O) groups is 1. The van der Waals surface area contributed by atoms with Crippen molar-refractivity contribution >= 4 is 23.4 Å². The van der Waals surface area contributed by atoms with Crippen LogP contribution in [0.1, 0.15) is 13.3 Å². The second kappa shape index (κ2) is 7.35. The molecule has 6 heteroatoms. The molecule has 2 rings (SSSR count). The average molecular weight is 324 g/mol. The minimum atomic E-state index is -0.861. The first-order valence-corrected chi connectivity index (χ1v) is 8.30. The van der Waals surface area contributed by atoms with Crippen LogP contribution < -0.4 is 10.2 Å². The van der Waals surface area contributed by atoms with Gasteiger partial charge in [0, 0.05) is 24.7 Å². The van der Waals surface area contributed by atoms with Gasteiger partial charge in [0.2, 0.25) is 0 Å². The second-order valence-corrected chi connectivity index (χ2v) is 7.09. The fourth-order valence-corrected chi connectivity index (χ4v) is 3.87. The maximum atomic E-state index is 11.3. The Bertz CT molecular complexity index is 507. The van der Waals surface area contributed by atoms with Crippen molar-refractivity contribution in [2.75, 3.05) is 26.0 Å². The molecule has 122 valence electrons. The standard InChI is InChI=1S/C16H24N2O3S/c1-10-9-13(21-15(10)14(17-2)16(19)20)22-12-7-5-11(6-8-12)18(3)4/h5-8,10,13-15,17H,9H2,1-4H3,(H,19,20)/t10-,13?,14?,15-/m1/s1. The first-order valence-electron chi connectivity index (χ1n) is 7.42. The quantitative estimate of drug-likeness (QED) is 0.837. The molecule has 1 aliphatic heterocycles. The highest BCUT2D eigenvalue weighted by Gasteiger charge is 2.40. The molecule has 0 saturated carbocycles. The molecule has 1 aromatic carbocycles. The Hall–Kier alpha value is -1.24. The lowest BCUT2D eigenvalue weighted by Gasteiger charge is -2.22. The summed E-state index contributed by atoms with van der Waals surface area (Å²) in [6.07, 6.45) is 0.567. The van der Waals surface area contributed by atoms with Gasteiger partial charge >= 0.3 is 5.97 Å².